The van der Waals surface area contributed by atoms with Crippen LogP contribution in [0.2, 0.25) is 0 Å². The first-order valence-electron chi connectivity index (χ1n) is 9.20. The number of aromatic nitrogens is 2. The van der Waals surface area contributed by atoms with Crippen molar-refractivity contribution in [1.82, 2.24) is 9.55 Å². The zero-order chi connectivity index (χ0) is 19.5. The number of nitrogens with zero attached hydrogens (tertiary/aromatic N) is 3. The van der Waals surface area contributed by atoms with E-state index in [1.165, 1.54) is 16.2 Å². The Balaban J connectivity index is 1.43. The highest BCUT2D eigenvalue weighted by atomic mass is 32.1. The van der Waals surface area contributed by atoms with Crippen LogP contribution in [0, 0.1) is 11.3 Å². The maximum atomic E-state index is 12.6. The van der Waals surface area contributed by atoms with E-state index in [2.05, 4.69) is 16.4 Å². The Morgan fingerprint density at radius 3 is 2.82 bits per heavy atom. The van der Waals surface area contributed by atoms with Crippen molar-refractivity contribution in [2.75, 3.05) is 5.32 Å². The molecule has 0 unspecified atom stereocenters. The molecule has 0 saturated heterocycles. The third-order valence-corrected chi connectivity index (χ3v) is 6.12. The summed E-state index contributed by atoms with van der Waals surface area (Å²) in [5.74, 6) is 1.28. The second-order valence-corrected chi connectivity index (χ2v) is 7.85. The highest BCUT2D eigenvalue weighted by Gasteiger charge is 2.22. The number of anilines is 1. The van der Waals surface area contributed by atoms with E-state index in [-0.39, 0.29) is 5.91 Å². The van der Waals surface area contributed by atoms with Crippen molar-refractivity contribution < 1.29 is 9.53 Å². The summed E-state index contributed by atoms with van der Waals surface area (Å²) in [6.45, 7) is 0.362. The molecule has 0 aliphatic heterocycles. The van der Waals surface area contributed by atoms with Crippen LogP contribution in [-0.4, -0.2) is 15.5 Å². The molecule has 142 valence electrons. The van der Waals surface area contributed by atoms with E-state index in [0.717, 1.165) is 37.1 Å². The minimum atomic E-state index is -0.217. The molecule has 0 fully saturated rings. The number of ether oxygens (including phenoxy) is 1. The summed E-state index contributed by atoms with van der Waals surface area (Å²) in [6, 6.07) is 9.25. The molecule has 1 aromatic carbocycles. The summed E-state index contributed by atoms with van der Waals surface area (Å²) < 4.78 is 7.62. The van der Waals surface area contributed by atoms with Crippen LogP contribution in [0.5, 0.6) is 5.75 Å². The summed E-state index contributed by atoms with van der Waals surface area (Å²) in [7, 11) is 1.91. The number of carbonyl (C=O) groups excluding carboxylic acids is 1. The molecule has 7 heteroatoms. The Labute approximate surface area is 167 Å². The van der Waals surface area contributed by atoms with Crippen LogP contribution in [0.15, 0.2) is 36.7 Å². The minimum absolute atomic E-state index is 0.217. The fraction of sp³-hybridized carbons (Fsp3) is 0.286. The predicted molar refractivity (Wildman–Crippen MR) is 108 cm³/mol. The lowest BCUT2D eigenvalue weighted by Gasteiger charge is -2.09. The van der Waals surface area contributed by atoms with Crippen molar-refractivity contribution in [3.63, 3.8) is 0 Å². The third kappa shape index (κ3) is 3.64. The number of hydrogen-bond acceptors (Lipinski definition) is 5. The number of carbonyl (C=O) groups is 1. The number of nitriles is 1. The van der Waals surface area contributed by atoms with Crippen LogP contribution >= 0.6 is 11.3 Å². The van der Waals surface area contributed by atoms with Gasteiger partial charge in [-0.05, 0) is 55.5 Å². The van der Waals surface area contributed by atoms with Gasteiger partial charge in [0.05, 0.1) is 5.56 Å². The van der Waals surface area contributed by atoms with Crippen LogP contribution in [0.4, 0.5) is 5.00 Å². The number of benzene rings is 1. The number of thiophene rings is 1. The monoisotopic (exact) mass is 392 g/mol. The van der Waals surface area contributed by atoms with Crippen molar-refractivity contribution in [3.8, 4) is 11.8 Å². The summed E-state index contributed by atoms with van der Waals surface area (Å²) in [4.78, 5) is 18.1. The van der Waals surface area contributed by atoms with Crippen LogP contribution in [0.3, 0.4) is 0 Å². The molecule has 2 aromatic heterocycles. The number of hydrogen-bond donors (Lipinski definition) is 1. The molecule has 6 nitrogen and oxygen atoms in total. The standard InChI is InChI=1S/C21H20N4O2S/c1-25-11-10-23-19(25)13-27-15-8-6-14(7-9-15)20(26)24-21-17(12-22)16-4-2-3-5-18(16)28-21/h6-11H,2-5,13H2,1H3,(H,24,26). The fourth-order valence-electron chi connectivity index (χ4n) is 3.33. The molecule has 1 aliphatic rings. The number of aryl methyl sites for hydroxylation is 2. The number of amides is 1. The van der Waals surface area contributed by atoms with Crippen molar-refractivity contribution in [3.05, 3.63) is 64.1 Å². The molecule has 0 bridgehead atoms. The molecule has 0 saturated carbocycles. The van der Waals surface area contributed by atoms with E-state index in [9.17, 15) is 10.1 Å². The van der Waals surface area contributed by atoms with Gasteiger partial charge in [-0.3, -0.25) is 4.79 Å². The molecule has 1 N–H and O–H groups in total. The SMILES string of the molecule is Cn1ccnc1COc1ccc(C(=O)Nc2sc3c(c2C#N)CCCC3)cc1. The first kappa shape index (κ1) is 18.3. The summed E-state index contributed by atoms with van der Waals surface area (Å²) in [5.41, 5.74) is 2.27. The summed E-state index contributed by atoms with van der Waals surface area (Å²) in [5, 5.41) is 13.1. The molecular weight excluding hydrogens is 372 g/mol. The molecule has 0 atom stereocenters. The molecule has 1 aliphatic carbocycles. The zero-order valence-electron chi connectivity index (χ0n) is 15.6. The Morgan fingerprint density at radius 2 is 2.11 bits per heavy atom. The van der Waals surface area contributed by atoms with E-state index >= 15 is 0 Å². The van der Waals surface area contributed by atoms with E-state index in [1.807, 2.05) is 17.8 Å². The van der Waals surface area contributed by atoms with Gasteiger partial charge < -0.3 is 14.6 Å². The van der Waals surface area contributed by atoms with Crippen molar-refractivity contribution in [2.24, 2.45) is 7.05 Å². The summed E-state index contributed by atoms with van der Waals surface area (Å²) in [6.07, 6.45) is 7.75. The Kier molecular flexibility index (Phi) is 5.13. The van der Waals surface area contributed by atoms with Gasteiger partial charge in [-0.2, -0.15) is 5.26 Å². The van der Waals surface area contributed by atoms with E-state index in [0.29, 0.717) is 28.5 Å². The lowest BCUT2D eigenvalue weighted by molar-refractivity contribution is 0.102. The highest BCUT2D eigenvalue weighted by Crippen LogP contribution is 2.37. The van der Waals surface area contributed by atoms with Gasteiger partial charge in [0.1, 0.15) is 29.3 Å². The van der Waals surface area contributed by atoms with Gasteiger partial charge in [0.15, 0.2) is 0 Å². The molecular formula is C21H20N4O2S. The molecule has 0 radical (unpaired) electrons. The highest BCUT2D eigenvalue weighted by molar-refractivity contribution is 7.16. The van der Waals surface area contributed by atoms with Crippen molar-refractivity contribution >= 4 is 22.2 Å². The van der Waals surface area contributed by atoms with Crippen molar-refractivity contribution in [2.45, 2.75) is 32.3 Å². The van der Waals surface area contributed by atoms with Crippen LogP contribution in [0.25, 0.3) is 0 Å². The minimum Gasteiger partial charge on any atom is -0.486 e. The van der Waals surface area contributed by atoms with Gasteiger partial charge in [0.25, 0.3) is 5.91 Å². The quantitative estimate of drug-likeness (QED) is 0.710. The second kappa shape index (κ2) is 7.87. The van der Waals surface area contributed by atoms with Crippen molar-refractivity contribution in [1.29, 1.82) is 5.26 Å². The molecule has 3 aromatic rings. The van der Waals surface area contributed by atoms with E-state index in [1.54, 1.807) is 30.5 Å². The number of imidazole rings is 1. The fourth-order valence-corrected chi connectivity index (χ4v) is 4.57. The molecule has 2 heterocycles. The molecule has 1 amide bonds. The number of fused-ring (bicyclic) bond motifs is 1. The smallest absolute Gasteiger partial charge is 0.256 e. The number of rotatable bonds is 5. The van der Waals surface area contributed by atoms with Gasteiger partial charge in [0.2, 0.25) is 0 Å². The van der Waals surface area contributed by atoms with Gasteiger partial charge in [-0.1, -0.05) is 0 Å². The first-order chi connectivity index (χ1) is 13.7. The average Bonchev–Trinajstić information content (AvgIpc) is 3.29. The maximum absolute atomic E-state index is 12.6. The molecule has 28 heavy (non-hydrogen) atoms. The van der Waals surface area contributed by atoms with Gasteiger partial charge in [0, 0.05) is 29.9 Å². The molecule has 4 rings (SSSR count). The summed E-state index contributed by atoms with van der Waals surface area (Å²) >= 11 is 1.53. The van der Waals surface area contributed by atoms with Crippen LogP contribution in [0.1, 0.15) is 45.0 Å². The zero-order valence-corrected chi connectivity index (χ0v) is 16.4. The van der Waals surface area contributed by atoms with E-state index in [4.69, 9.17) is 4.74 Å². The Morgan fingerprint density at radius 1 is 1.32 bits per heavy atom. The topological polar surface area (TPSA) is 79.9 Å². The Bertz CT molecular complexity index is 1040. The van der Waals surface area contributed by atoms with Crippen LogP contribution < -0.4 is 10.1 Å². The molecule has 0 spiro atoms. The van der Waals surface area contributed by atoms with Gasteiger partial charge >= 0.3 is 0 Å². The number of nitrogens with one attached hydrogen (secondary N) is 1. The largest absolute Gasteiger partial charge is 0.486 e. The van der Waals surface area contributed by atoms with Gasteiger partial charge in [-0.15, -0.1) is 11.3 Å². The normalized spacial score (nSPS) is 12.9. The van der Waals surface area contributed by atoms with E-state index < -0.39 is 0 Å². The third-order valence-electron chi connectivity index (χ3n) is 4.92. The Hall–Kier alpha value is -3.11. The lowest BCUT2D eigenvalue weighted by atomic mass is 9.96. The maximum Gasteiger partial charge on any atom is 0.256 e. The lowest BCUT2D eigenvalue weighted by Crippen LogP contribution is -2.12. The second-order valence-electron chi connectivity index (χ2n) is 6.75. The van der Waals surface area contributed by atoms with Gasteiger partial charge in [-0.25, -0.2) is 4.98 Å². The average molecular weight is 392 g/mol. The van der Waals surface area contributed by atoms with Crippen LogP contribution in [-0.2, 0) is 26.5 Å². The predicted octanol–water partition coefficient (Wildman–Crippen LogP) is 4.06. The first-order valence-corrected chi connectivity index (χ1v) is 10.0.